The number of aryl methyl sites for hydroxylation is 4. The average Bonchev–Trinajstić information content (AvgIpc) is 3.07. The van der Waals surface area contributed by atoms with E-state index in [1.807, 2.05) is 0 Å². The molecular weight excluding hydrogens is 379 g/mol. The van der Waals surface area contributed by atoms with Gasteiger partial charge in [0, 0.05) is 0 Å². The first-order chi connectivity index (χ1) is 12.0. The van der Waals surface area contributed by atoms with Crippen LogP contribution in [0.5, 0.6) is 0 Å². The minimum absolute atomic E-state index is 0.782. The summed E-state index contributed by atoms with van der Waals surface area (Å²) in [6, 6.07) is 9.30. The molecule has 2 atom stereocenters. The molecule has 1 fully saturated rings. The van der Waals surface area contributed by atoms with Crippen LogP contribution in [0.25, 0.3) is 12.2 Å². The summed E-state index contributed by atoms with van der Waals surface area (Å²) < 4.78 is 4.67. The fraction of sp³-hybridized carbons (Fsp3) is 0.333. The minimum atomic E-state index is -2.27. The first-order valence-corrected chi connectivity index (χ1v) is 15.9. The van der Waals surface area contributed by atoms with Gasteiger partial charge in [-0.3, -0.25) is 0 Å². The maximum absolute atomic E-state index is 2.60. The molecule has 2 aliphatic carbocycles. The Balaban J connectivity index is 1.64. The molecule has 5 rings (SSSR count). The van der Waals surface area contributed by atoms with Crippen LogP contribution in [0.1, 0.15) is 51.8 Å². The Hall–Kier alpha value is -1.20. The number of benzene rings is 2. The van der Waals surface area contributed by atoms with Crippen LogP contribution in [0.2, 0.25) is 8.26 Å². The standard InChI is InChI=1S/2C11H11.C2H4.Zr/c2*1-8-6-7-9(2)11-5-3-4-10(8)11;1-2;/h2*3-7H,1-2H3;1-2H2;. The predicted octanol–water partition coefficient (Wildman–Crippen LogP) is 6.76. The second-order valence-electron chi connectivity index (χ2n) is 8.46. The van der Waals surface area contributed by atoms with E-state index >= 15 is 0 Å². The molecule has 0 N–H and O–H groups in total. The third-order valence-electron chi connectivity index (χ3n) is 7.05. The molecule has 0 aromatic heterocycles. The predicted molar refractivity (Wildman–Crippen MR) is 105 cm³/mol. The zero-order valence-electron chi connectivity index (χ0n) is 15.7. The third kappa shape index (κ3) is 2.15. The third-order valence-corrected chi connectivity index (χ3v) is 19.6. The van der Waals surface area contributed by atoms with Crippen molar-refractivity contribution in [3.8, 4) is 0 Å². The Morgan fingerprint density at radius 3 is 1.44 bits per heavy atom. The summed E-state index contributed by atoms with van der Waals surface area (Å²) in [5.41, 5.74) is 12.4. The van der Waals surface area contributed by atoms with E-state index in [1.54, 1.807) is 19.4 Å². The van der Waals surface area contributed by atoms with Crippen molar-refractivity contribution in [1.29, 1.82) is 0 Å². The van der Waals surface area contributed by atoms with Crippen LogP contribution >= 0.6 is 0 Å². The molecule has 0 saturated carbocycles. The first-order valence-electron chi connectivity index (χ1n) is 9.59. The van der Waals surface area contributed by atoms with Gasteiger partial charge in [0.1, 0.15) is 0 Å². The summed E-state index contributed by atoms with van der Waals surface area (Å²) in [6.45, 7) is 9.21. The van der Waals surface area contributed by atoms with Crippen molar-refractivity contribution >= 4 is 12.2 Å². The van der Waals surface area contributed by atoms with E-state index < -0.39 is 20.3 Å². The van der Waals surface area contributed by atoms with Gasteiger partial charge in [-0.1, -0.05) is 0 Å². The number of hydrogen-bond acceptors (Lipinski definition) is 0. The van der Waals surface area contributed by atoms with Gasteiger partial charge in [-0.15, -0.1) is 0 Å². The Morgan fingerprint density at radius 1 is 0.640 bits per heavy atom. The number of rotatable bonds is 2. The quantitative estimate of drug-likeness (QED) is 0.518. The van der Waals surface area contributed by atoms with E-state index in [0.29, 0.717) is 0 Å². The molecule has 1 saturated heterocycles. The van der Waals surface area contributed by atoms with Crippen molar-refractivity contribution in [3.05, 3.63) is 80.9 Å². The van der Waals surface area contributed by atoms with Gasteiger partial charge in [0.2, 0.25) is 0 Å². The second kappa shape index (κ2) is 5.40. The number of fused-ring (bicyclic) bond motifs is 2. The molecule has 1 heteroatoms. The Morgan fingerprint density at radius 2 is 1.04 bits per heavy atom. The summed E-state index contributed by atoms with van der Waals surface area (Å²) in [7, 11) is 0. The summed E-state index contributed by atoms with van der Waals surface area (Å²) in [5.74, 6) is 0. The summed E-state index contributed by atoms with van der Waals surface area (Å²) in [5, 5.41) is 0. The Kier molecular flexibility index (Phi) is 3.46. The summed E-state index contributed by atoms with van der Waals surface area (Å²) in [6.07, 6.45) is 10.1. The molecule has 0 nitrogen and oxygen atoms in total. The van der Waals surface area contributed by atoms with Gasteiger partial charge in [-0.05, 0) is 0 Å². The van der Waals surface area contributed by atoms with Crippen LogP contribution in [0, 0.1) is 27.7 Å². The molecule has 126 valence electrons. The van der Waals surface area contributed by atoms with E-state index in [0.717, 1.165) is 7.25 Å². The van der Waals surface area contributed by atoms with Crippen LogP contribution < -0.4 is 0 Å². The van der Waals surface area contributed by atoms with Crippen molar-refractivity contribution < 1.29 is 20.3 Å². The van der Waals surface area contributed by atoms with Gasteiger partial charge in [0.05, 0.1) is 0 Å². The van der Waals surface area contributed by atoms with Crippen molar-refractivity contribution in [2.45, 2.75) is 43.2 Å². The molecular formula is C24H26Zr. The SMILES string of the molecule is Cc1ccc(C)c2c1C=C[CH]2[Zr]1([CH]2C=Cc3c(C)ccc(C)c32)[CH2][CH2]1. The van der Waals surface area contributed by atoms with E-state index in [4.69, 9.17) is 0 Å². The van der Waals surface area contributed by atoms with Gasteiger partial charge >= 0.3 is 157 Å². The molecule has 0 bridgehead atoms. The molecule has 0 spiro atoms. The van der Waals surface area contributed by atoms with Gasteiger partial charge < -0.3 is 0 Å². The second-order valence-corrected chi connectivity index (χ2v) is 20.0. The summed E-state index contributed by atoms with van der Waals surface area (Å²) in [4.78, 5) is 0. The summed E-state index contributed by atoms with van der Waals surface area (Å²) >= 11 is -2.27. The van der Waals surface area contributed by atoms with E-state index in [9.17, 15) is 0 Å². The van der Waals surface area contributed by atoms with Crippen LogP contribution in [0.3, 0.4) is 0 Å². The average molecular weight is 406 g/mol. The van der Waals surface area contributed by atoms with Crippen molar-refractivity contribution in [3.63, 3.8) is 0 Å². The van der Waals surface area contributed by atoms with Gasteiger partial charge in [0.25, 0.3) is 0 Å². The fourth-order valence-corrected chi connectivity index (χ4v) is 21.5. The fourth-order valence-electron chi connectivity index (χ4n) is 5.47. The first kappa shape index (κ1) is 16.0. The molecule has 0 radical (unpaired) electrons. The Labute approximate surface area is 156 Å². The molecule has 1 heterocycles. The molecule has 3 aliphatic rings. The monoisotopic (exact) mass is 404 g/mol. The van der Waals surface area contributed by atoms with Crippen LogP contribution in [0.15, 0.2) is 36.4 Å². The van der Waals surface area contributed by atoms with E-state index in [2.05, 4.69) is 76.3 Å². The molecule has 2 unspecified atom stereocenters. The maximum atomic E-state index is 2.60. The number of allylic oxidation sites excluding steroid dienone is 2. The van der Waals surface area contributed by atoms with Gasteiger partial charge in [-0.2, -0.15) is 0 Å². The van der Waals surface area contributed by atoms with Gasteiger partial charge in [-0.25, -0.2) is 0 Å². The van der Waals surface area contributed by atoms with Gasteiger partial charge in [0.15, 0.2) is 0 Å². The zero-order chi connectivity index (χ0) is 17.3. The van der Waals surface area contributed by atoms with Crippen molar-refractivity contribution in [2.24, 2.45) is 0 Å². The van der Waals surface area contributed by atoms with E-state index in [1.165, 1.54) is 33.4 Å². The molecule has 0 amide bonds. The molecule has 1 aliphatic heterocycles. The van der Waals surface area contributed by atoms with Crippen LogP contribution in [0.4, 0.5) is 0 Å². The molecule has 25 heavy (non-hydrogen) atoms. The molecule has 2 aromatic rings. The van der Waals surface area contributed by atoms with Crippen LogP contribution in [-0.2, 0) is 20.3 Å². The van der Waals surface area contributed by atoms with Crippen molar-refractivity contribution in [1.82, 2.24) is 0 Å². The number of hydrogen-bond donors (Lipinski definition) is 0. The Bertz CT molecular complexity index is 881. The van der Waals surface area contributed by atoms with Crippen LogP contribution in [-0.4, -0.2) is 0 Å². The normalized spacial score (nSPS) is 24.5. The van der Waals surface area contributed by atoms with E-state index in [-0.39, 0.29) is 0 Å². The van der Waals surface area contributed by atoms with Crippen molar-refractivity contribution in [2.75, 3.05) is 0 Å². The topological polar surface area (TPSA) is 0 Å². The molecule has 2 aromatic carbocycles. The zero-order valence-corrected chi connectivity index (χ0v) is 18.1.